The first-order chi connectivity index (χ1) is 10.0. The maximum Gasteiger partial charge on any atom is 0.303 e. The normalized spacial score (nSPS) is 12.9. The van der Waals surface area contributed by atoms with E-state index < -0.39 is 5.97 Å². The summed E-state index contributed by atoms with van der Waals surface area (Å²) in [5, 5.41) is 12.9. The zero-order chi connectivity index (χ0) is 15.0. The van der Waals surface area contributed by atoms with Crippen LogP contribution in [-0.2, 0) is 4.79 Å². The molecule has 0 aliphatic carbocycles. The number of hydrogen-bond donors (Lipinski definition) is 1. The van der Waals surface area contributed by atoms with Gasteiger partial charge in [0.05, 0.1) is 26.0 Å². The molecule has 0 fully saturated rings. The second-order valence-corrected chi connectivity index (χ2v) is 7.13. The van der Waals surface area contributed by atoms with Crippen LogP contribution in [0.3, 0.4) is 0 Å². The summed E-state index contributed by atoms with van der Waals surface area (Å²) < 4.78 is 8.23. The molecule has 0 radical (unpaired) electrons. The van der Waals surface area contributed by atoms with Gasteiger partial charge in [-0.25, -0.2) is 4.98 Å². The molecular weight excluding hydrogens is 306 g/mol. The van der Waals surface area contributed by atoms with Gasteiger partial charge in [-0.05, 0) is 31.7 Å². The van der Waals surface area contributed by atoms with Crippen LogP contribution in [0, 0.1) is 6.92 Å². The molecule has 110 valence electrons. The minimum atomic E-state index is -0.792. The second-order valence-electron chi connectivity index (χ2n) is 4.98. The third kappa shape index (κ3) is 2.87. The van der Waals surface area contributed by atoms with Crippen molar-refractivity contribution in [1.29, 1.82) is 0 Å². The van der Waals surface area contributed by atoms with Crippen LogP contribution in [0.1, 0.15) is 24.8 Å². The number of aliphatic carboxylic acids is 1. The minimum absolute atomic E-state index is 0.121. The fourth-order valence-electron chi connectivity index (χ4n) is 2.29. The number of rotatable bonds is 5. The van der Waals surface area contributed by atoms with E-state index in [1.165, 1.54) is 0 Å². The van der Waals surface area contributed by atoms with Crippen molar-refractivity contribution >= 4 is 48.9 Å². The Kier molecular flexibility index (Phi) is 3.82. The lowest BCUT2D eigenvalue weighted by atomic mass is 10.2. The summed E-state index contributed by atoms with van der Waals surface area (Å²) in [7, 11) is 0. The van der Waals surface area contributed by atoms with Gasteiger partial charge in [0.15, 0.2) is 0 Å². The van der Waals surface area contributed by atoms with Gasteiger partial charge >= 0.3 is 5.97 Å². The molecule has 0 aliphatic rings. The molecule has 1 N–H and O–H groups in total. The molecule has 4 nitrogen and oxygen atoms in total. The second kappa shape index (κ2) is 5.61. The molecule has 0 saturated heterocycles. The maximum atomic E-state index is 10.6. The van der Waals surface area contributed by atoms with Crippen molar-refractivity contribution in [2.24, 2.45) is 0 Å². The summed E-state index contributed by atoms with van der Waals surface area (Å²) in [5.74, 6) is 0.0277. The molecule has 0 amide bonds. The number of aryl methyl sites for hydroxylation is 1. The summed E-state index contributed by atoms with van der Waals surface area (Å²) in [6.07, 6.45) is 0.493. The van der Waals surface area contributed by atoms with Gasteiger partial charge < -0.3 is 9.84 Å². The van der Waals surface area contributed by atoms with Gasteiger partial charge in [0.1, 0.15) is 5.75 Å². The molecule has 1 atom stereocenters. The summed E-state index contributed by atoms with van der Waals surface area (Å²) in [6.45, 7) is 3.91. The number of carbonyl (C=O) groups is 1. The van der Waals surface area contributed by atoms with Crippen molar-refractivity contribution in [2.75, 3.05) is 0 Å². The Balaban J connectivity index is 1.96. The number of thiazole rings is 1. The Labute approximate surface area is 130 Å². The van der Waals surface area contributed by atoms with E-state index in [2.05, 4.69) is 4.98 Å². The van der Waals surface area contributed by atoms with E-state index in [1.54, 1.807) is 22.7 Å². The average molecular weight is 321 g/mol. The van der Waals surface area contributed by atoms with E-state index in [4.69, 9.17) is 9.84 Å². The molecule has 0 spiro atoms. The summed E-state index contributed by atoms with van der Waals surface area (Å²) >= 11 is 3.31. The number of nitrogens with zero attached hydrogens (tertiary/aromatic N) is 1. The van der Waals surface area contributed by atoms with Gasteiger partial charge in [0, 0.05) is 17.9 Å². The monoisotopic (exact) mass is 321 g/mol. The number of thiophene rings is 1. The lowest BCUT2D eigenvalue weighted by Crippen LogP contribution is -2.13. The topological polar surface area (TPSA) is 59.4 Å². The molecule has 2 heterocycles. The van der Waals surface area contributed by atoms with Crippen LogP contribution in [0.2, 0.25) is 0 Å². The molecule has 21 heavy (non-hydrogen) atoms. The summed E-state index contributed by atoms with van der Waals surface area (Å²) in [5.41, 5.74) is 1.04. The van der Waals surface area contributed by atoms with Crippen LogP contribution in [-0.4, -0.2) is 22.2 Å². The van der Waals surface area contributed by atoms with Crippen molar-refractivity contribution in [2.45, 2.75) is 32.8 Å². The van der Waals surface area contributed by atoms with E-state index in [9.17, 15) is 4.79 Å². The Bertz CT molecular complexity index is 806. The number of hydrogen-bond acceptors (Lipinski definition) is 5. The quantitative estimate of drug-likeness (QED) is 0.754. The highest BCUT2D eigenvalue weighted by Crippen LogP contribution is 2.39. The zero-order valence-corrected chi connectivity index (χ0v) is 13.4. The van der Waals surface area contributed by atoms with E-state index in [0.29, 0.717) is 6.42 Å². The van der Waals surface area contributed by atoms with E-state index in [-0.39, 0.29) is 12.5 Å². The lowest BCUT2D eigenvalue weighted by molar-refractivity contribution is -0.137. The third-order valence-corrected chi connectivity index (χ3v) is 5.10. The molecule has 6 heteroatoms. The first-order valence-electron chi connectivity index (χ1n) is 6.70. The van der Waals surface area contributed by atoms with Gasteiger partial charge in [0.2, 0.25) is 0 Å². The SMILES string of the molecule is Cc1nc2c(cc(OC(C)CCC(=O)O)c3ccsc32)s1. The fourth-order valence-corrected chi connectivity index (χ4v) is 4.12. The smallest absolute Gasteiger partial charge is 0.303 e. The van der Waals surface area contributed by atoms with Gasteiger partial charge in [-0.15, -0.1) is 22.7 Å². The van der Waals surface area contributed by atoms with Crippen molar-refractivity contribution in [3.8, 4) is 5.75 Å². The standard InChI is InChI=1S/C15H15NO3S2/c1-8(3-4-13(17)18)19-11-7-12-14(16-9(2)21-12)15-10(11)5-6-20-15/h5-8H,3-4H2,1-2H3,(H,17,18). The largest absolute Gasteiger partial charge is 0.490 e. The third-order valence-electron chi connectivity index (χ3n) is 3.26. The first kappa shape index (κ1) is 14.3. The Morgan fingerprint density at radius 2 is 2.33 bits per heavy atom. The number of carboxylic acid groups (broad SMARTS) is 1. The number of ether oxygens (including phenoxy) is 1. The summed E-state index contributed by atoms with van der Waals surface area (Å²) in [4.78, 5) is 15.2. The van der Waals surface area contributed by atoms with Gasteiger partial charge in [-0.1, -0.05) is 0 Å². The first-order valence-corrected chi connectivity index (χ1v) is 8.40. The van der Waals surface area contributed by atoms with Gasteiger partial charge in [0.25, 0.3) is 0 Å². The predicted molar refractivity (Wildman–Crippen MR) is 86.7 cm³/mol. The van der Waals surface area contributed by atoms with Crippen LogP contribution >= 0.6 is 22.7 Å². The number of carboxylic acids is 1. The lowest BCUT2D eigenvalue weighted by Gasteiger charge is -2.14. The van der Waals surface area contributed by atoms with Crippen molar-refractivity contribution in [3.63, 3.8) is 0 Å². The molecular formula is C15H15NO3S2. The highest BCUT2D eigenvalue weighted by Gasteiger charge is 2.15. The molecule has 3 aromatic rings. The van der Waals surface area contributed by atoms with Crippen molar-refractivity contribution < 1.29 is 14.6 Å². The van der Waals surface area contributed by atoms with Gasteiger partial charge in [-0.2, -0.15) is 0 Å². The average Bonchev–Trinajstić information content (AvgIpc) is 3.01. The molecule has 0 aliphatic heterocycles. The fraction of sp³-hybridized carbons (Fsp3) is 0.333. The van der Waals surface area contributed by atoms with Crippen molar-refractivity contribution in [3.05, 3.63) is 22.5 Å². The maximum absolute atomic E-state index is 10.6. The zero-order valence-electron chi connectivity index (χ0n) is 11.8. The number of benzene rings is 1. The molecule has 2 aromatic heterocycles. The number of fused-ring (bicyclic) bond motifs is 3. The van der Waals surface area contributed by atoms with Crippen molar-refractivity contribution in [1.82, 2.24) is 4.98 Å². The molecule has 0 saturated carbocycles. The van der Waals surface area contributed by atoms with E-state index in [1.807, 2.05) is 31.4 Å². The van der Waals surface area contributed by atoms with Crippen LogP contribution in [0.15, 0.2) is 17.5 Å². The van der Waals surface area contributed by atoms with Crippen LogP contribution in [0.25, 0.3) is 20.3 Å². The Morgan fingerprint density at radius 3 is 3.10 bits per heavy atom. The van der Waals surface area contributed by atoms with Gasteiger partial charge in [-0.3, -0.25) is 4.79 Å². The van der Waals surface area contributed by atoms with Crippen LogP contribution in [0.5, 0.6) is 5.75 Å². The van der Waals surface area contributed by atoms with Crippen LogP contribution in [0.4, 0.5) is 0 Å². The molecule has 1 unspecified atom stereocenters. The molecule has 0 bridgehead atoms. The van der Waals surface area contributed by atoms with E-state index in [0.717, 1.165) is 31.1 Å². The predicted octanol–water partition coefficient (Wildman–Crippen LogP) is 4.45. The highest BCUT2D eigenvalue weighted by molar-refractivity contribution is 7.21. The molecule has 1 aromatic carbocycles. The van der Waals surface area contributed by atoms with E-state index >= 15 is 0 Å². The Hall–Kier alpha value is -1.66. The Morgan fingerprint density at radius 1 is 1.52 bits per heavy atom. The summed E-state index contributed by atoms with van der Waals surface area (Å²) in [6, 6.07) is 4.06. The minimum Gasteiger partial charge on any atom is -0.490 e. The highest BCUT2D eigenvalue weighted by atomic mass is 32.1. The van der Waals surface area contributed by atoms with Crippen LogP contribution < -0.4 is 4.74 Å². The number of aromatic nitrogens is 1. The molecule has 3 rings (SSSR count).